The molecule has 5 heteroatoms. The second-order valence-electron chi connectivity index (χ2n) is 3.74. The van der Waals surface area contributed by atoms with Gasteiger partial charge in [-0.05, 0) is 31.3 Å². The van der Waals surface area contributed by atoms with Gasteiger partial charge in [0.25, 0.3) is 0 Å². The van der Waals surface area contributed by atoms with Crippen LogP contribution in [0.2, 0.25) is 0 Å². The summed E-state index contributed by atoms with van der Waals surface area (Å²) in [5.41, 5.74) is 1.47. The van der Waals surface area contributed by atoms with Crippen molar-refractivity contribution in [2.24, 2.45) is 0 Å². The van der Waals surface area contributed by atoms with Crippen LogP contribution >= 0.6 is 0 Å². The molecule has 0 saturated carbocycles. The second kappa shape index (κ2) is 5.55. The molecule has 1 heterocycles. The number of aromatic nitrogens is 2. The van der Waals surface area contributed by atoms with Crippen LogP contribution in [0.15, 0.2) is 36.8 Å². The molecule has 0 spiro atoms. The van der Waals surface area contributed by atoms with Crippen LogP contribution in [-0.2, 0) is 0 Å². The van der Waals surface area contributed by atoms with E-state index in [0.717, 1.165) is 5.69 Å². The number of halogens is 1. The molecule has 0 aliphatic heterocycles. The van der Waals surface area contributed by atoms with Crippen molar-refractivity contribution in [3.8, 4) is 5.75 Å². The molecule has 4 nitrogen and oxygen atoms in total. The molecule has 0 saturated heterocycles. The molecule has 1 aromatic carbocycles. The summed E-state index contributed by atoms with van der Waals surface area (Å²) < 4.78 is 18.6. The van der Waals surface area contributed by atoms with E-state index in [2.05, 4.69) is 15.3 Å². The van der Waals surface area contributed by atoms with Crippen molar-refractivity contribution >= 4 is 0 Å². The predicted octanol–water partition coefficient (Wildman–Crippen LogP) is 1.93. The zero-order chi connectivity index (χ0) is 13.0. The first-order valence-electron chi connectivity index (χ1n) is 5.53. The van der Waals surface area contributed by atoms with Crippen molar-refractivity contribution in [1.29, 1.82) is 0 Å². The monoisotopic (exact) mass is 247 g/mol. The fourth-order valence-electron chi connectivity index (χ4n) is 1.87. The van der Waals surface area contributed by atoms with Crippen LogP contribution in [0.1, 0.15) is 17.3 Å². The minimum Gasteiger partial charge on any atom is -0.496 e. The molecule has 0 fully saturated rings. The van der Waals surface area contributed by atoms with Crippen LogP contribution in [0.3, 0.4) is 0 Å². The van der Waals surface area contributed by atoms with Gasteiger partial charge in [-0.1, -0.05) is 0 Å². The average molecular weight is 247 g/mol. The Morgan fingerprint density at radius 1 is 1.33 bits per heavy atom. The lowest BCUT2D eigenvalue weighted by Crippen LogP contribution is -2.19. The number of methoxy groups -OCH3 is 1. The normalized spacial score (nSPS) is 12.2. The highest BCUT2D eigenvalue weighted by Crippen LogP contribution is 2.29. The Morgan fingerprint density at radius 2 is 2.17 bits per heavy atom. The Morgan fingerprint density at radius 3 is 2.78 bits per heavy atom. The third kappa shape index (κ3) is 2.46. The Kier molecular flexibility index (Phi) is 3.84. The SMILES string of the molecule is CNC(c1ccncn1)c1cc(F)ccc1OC. The van der Waals surface area contributed by atoms with Gasteiger partial charge < -0.3 is 10.1 Å². The van der Waals surface area contributed by atoms with Gasteiger partial charge in [-0.15, -0.1) is 0 Å². The molecule has 0 aliphatic rings. The van der Waals surface area contributed by atoms with Gasteiger partial charge in [0, 0.05) is 11.8 Å². The van der Waals surface area contributed by atoms with Gasteiger partial charge in [0.05, 0.1) is 18.8 Å². The van der Waals surface area contributed by atoms with Gasteiger partial charge in [0.15, 0.2) is 0 Å². The van der Waals surface area contributed by atoms with E-state index < -0.39 is 0 Å². The van der Waals surface area contributed by atoms with Crippen LogP contribution < -0.4 is 10.1 Å². The molecule has 1 N–H and O–H groups in total. The lowest BCUT2D eigenvalue weighted by molar-refractivity contribution is 0.403. The largest absolute Gasteiger partial charge is 0.496 e. The molecule has 0 aliphatic carbocycles. The summed E-state index contributed by atoms with van der Waals surface area (Å²) in [7, 11) is 3.35. The van der Waals surface area contributed by atoms with E-state index >= 15 is 0 Å². The Balaban J connectivity index is 2.48. The minimum absolute atomic E-state index is 0.237. The Hall–Kier alpha value is -2.01. The topological polar surface area (TPSA) is 47.0 Å². The van der Waals surface area contributed by atoms with Gasteiger partial charge in [-0.2, -0.15) is 0 Å². The van der Waals surface area contributed by atoms with Gasteiger partial charge in [-0.3, -0.25) is 0 Å². The van der Waals surface area contributed by atoms with Crippen LogP contribution in [0.25, 0.3) is 0 Å². The first-order valence-corrected chi connectivity index (χ1v) is 5.53. The number of nitrogens with one attached hydrogen (secondary N) is 1. The van der Waals surface area contributed by atoms with Gasteiger partial charge in [0.2, 0.25) is 0 Å². The molecule has 2 aromatic rings. The summed E-state index contributed by atoms with van der Waals surface area (Å²) in [6.45, 7) is 0. The molecule has 18 heavy (non-hydrogen) atoms. The van der Waals surface area contributed by atoms with Crippen LogP contribution in [0.5, 0.6) is 5.75 Å². The number of nitrogens with zero attached hydrogens (tertiary/aromatic N) is 2. The average Bonchev–Trinajstić information content (AvgIpc) is 2.41. The van der Waals surface area contributed by atoms with E-state index in [1.807, 2.05) is 0 Å². The summed E-state index contributed by atoms with van der Waals surface area (Å²) in [6, 6.07) is 5.97. The first-order chi connectivity index (χ1) is 8.76. The third-order valence-corrected chi connectivity index (χ3v) is 2.69. The Labute approximate surface area is 105 Å². The molecule has 94 valence electrons. The van der Waals surface area contributed by atoms with Crippen LogP contribution in [0, 0.1) is 5.82 Å². The van der Waals surface area contributed by atoms with E-state index in [9.17, 15) is 4.39 Å². The molecular weight excluding hydrogens is 233 g/mol. The van der Waals surface area contributed by atoms with E-state index in [1.54, 1.807) is 32.5 Å². The fraction of sp³-hybridized carbons (Fsp3) is 0.231. The van der Waals surface area contributed by atoms with Crippen molar-refractivity contribution in [3.05, 3.63) is 53.9 Å². The lowest BCUT2D eigenvalue weighted by Gasteiger charge is -2.18. The summed E-state index contributed by atoms with van der Waals surface area (Å²) in [5, 5.41) is 3.10. The maximum absolute atomic E-state index is 13.4. The van der Waals surface area contributed by atoms with E-state index in [1.165, 1.54) is 18.5 Å². The summed E-state index contributed by atoms with van der Waals surface area (Å²) in [4.78, 5) is 8.05. The zero-order valence-electron chi connectivity index (χ0n) is 10.2. The molecular formula is C13H14FN3O. The summed E-state index contributed by atoms with van der Waals surface area (Å²) in [5.74, 6) is 0.314. The van der Waals surface area contributed by atoms with Gasteiger partial charge in [0.1, 0.15) is 17.9 Å². The molecule has 0 amide bonds. The summed E-state index contributed by atoms with van der Waals surface area (Å²) in [6.07, 6.45) is 3.11. The highest BCUT2D eigenvalue weighted by Gasteiger charge is 2.18. The second-order valence-corrected chi connectivity index (χ2v) is 3.74. The fourth-order valence-corrected chi connectivity index (χ4v) is 1.87. The van der Waals surface area contributed by atoms with E-state index in [0.29, 0.717) is 11.3 Å². The smallest absolute Gasteiger partial charge is 0.124 e. The number of hydrogen-bond donors (Lipinski definition) is 1. The van der Waals surface area contributed by atoms with Crippen molar-refractivity contribution in [2.75, 3.05) is 14.2 Å². The first kappa shape index (κ1) is 12.4. The van der Waals surface area contributed by atoms with Crippen LogP contribution in [-0.4, -0.2) is 24.1 Å². The quantitative estimate of drug-likeness (QED) is 0.896. The third-order valence-electron chi connectivity index (χ3n) is 2.69. The van der Waals surface area contributed by atoms with Crippen molar-refractivity contribution in [1.82, 2.24) is 15.3 Å². The molecule has 1 unspecified atom stereocenters. The Bertz CT molecular complexity index is 519. The van der Waals surface area contributed by atoms with Crippen molar-refractivity contribution < 1.29 is 9.13 Å². The molecule has 0 radical (unpaired) electrons. The van der Waals surface area contributed by atoms with E-state index in [4.69, 9.17) is 4.74 Å². The predicted molar refractivity (Wildman–Crippen MR) is 65.9 cm³/mol. The lowest BCUT2D eigenvalue weighted by atomic mass is 10.0. The minimum atomic E-state index is -0.305. The highest BCUT2D eigenvalue weighted by molar-refractivity contribution is 5.40. The maximum atomic E-state index is 13.4. The molecule has 2 rings (SSSR count). The van der Waals surface area contributed by atoms with Crippen molar-refractivity contribution in [2.45, 2.75) is 6.04 Å². The maximum Gasteiger partial charge on any atom is 0.124 e. The van der Waals surface area contributed by atoms with Gasteiger partial charge in [-0.25, -0.2) is 14.4 Å². The summed E-state index contributed by atoms with van der Waals surface area (Å²) >= 11 is 0. The van der Waals surface area contributed by atoms with Gasteiger partial charge >= 0.3 is 0 Å². The number of rotatable bonds is 4. The van der Waals surface area contributed by atoms with Crippen molar-refractivity contribution in [3.63, 3.8) is 0 Å². The highest BCUT2D eigenvalue weighted by atomic mass is 19.1. The number of ether oxygens (including phenoxy) is 1. The van der Waals surface area contributed by atoms with Crippen LogP contribution in [0.4, 0.5) is 4.39 Å². The molecule has 1 atom stereocenters. The zero-order valence-corrected chi connectivity index (χ0v) is 10.2. The number of hydrogen-bond acceptors (Lipinski definition) is 4. The molecule has 1 aromatic heterocycles. The standard InChI is InChI=1S/C13H14FN3O/c1-15-13(11-5-6-16-8-17-11)10-7-9(14)3-4-12(10)18-2/h3-8,13,15H,1-2H3. The van der Waals surface area contributed by atoms with E-state index in [-0.39, 0.29) is 11.9 Å². The number of benzene rings is 1. The molecule has 0 bridgehead atoms.